The van der Waals surface area contributed by atoms with Gasteiger partial charge in [-0.15, -0.1) is 0 Å². The zero-order valence-corrected chi connectivity index (χ0v) is 30.6. The molecule has 0 radical (unpaired) electrons. The van der Waals surface area contributed by atoms with E-state index in [4.69, 9.17) is 4.42 Å². The highest BCUT2D eigenvalue weighted by molar-refractivity contribution is 6.22. The molecule has 10 aromatic carbocycles. The van der Waals surface area contributed by atoms with Gasteiger partial charge in [-0.1, -0.05) is 164 Å². The third kappa shape index (κ3) is 5.26. The van der Waals surface area contributed by atoms with E-state index in [1.807, 2.05) is 12.1 Å². The van der Waals surface area contributed by atoms with Crippen LogP contribution in [0.1, 0.15) is 0 Å². The third-order valence-electron chi connectivity index (χ3n) is 11.2. The molecule has 2 heteroatoms. The Labute approximate surface area is 325 Å². The molecule has 11 aromatic rings. The number of anilines is 3. The topological polar surface area (TPSA) is 16.4 Å². The first-order valence-electron chi connectivity index (χ1n) is 19.2. The Balaban J connectivity index is 1.21. The fraction of sp³-hybridized carbons (Fsp3) is 0. The van der Waals surface area contributed by atoms with Crippen molar-refractivity contribution in [3.05, 3.63) is 212 Å². The standard InChI is InChI=1S/C54H35NO/c1-3-16-37(17-4-1)53-48-26-10-9-24-45(48)46-31-29-41(35-50(46)54(53)38-18-5-2-6-19-38)55(42-30-32-52-49(34-42)47-25-11-12-28-51(47)56-52)40-22-13-21-39(33-40)44-27-14-20-36-15-7-8-23-43(36)44/h1-35H. The van der Waals surface area contributed by atoms with Crippen LogP contribution in [-0.4, -0.2) is 0 Å². The summed E-state index contributed by atoms with van der Waals surface area (Å²) in [5, 5.41) is 9.59. The second-order valence-electron chi connectivity index (χ2n) is 14.4. The van der Waals surface area contributed by atoms with Gasteiger partial charge in [0.05, 0.1) is 0 Å². The van der Waals surface area contributed by atoms with Crippen molar-refractivity contribution < 1.29 is 4.42 Å². The third-order valence-corrected chi connectivity index (χ3v) is 11.2. The number of para-hydroxylation sites is 1. The molecule has 0 saturated carbocycles. The molecule has 2 nitrogen and oxygen atoms in total. The molecule has 0 aliphatic heterocycles. The highest BCUT2D eigenvalue weighted by Crippen LogP contribution is 2.47. The van der Waals surface area contributed by atoms with Crippen LogP contribution >= 0.6 is 0 Å². The molecule has 11 rings (SSSR count). The lowest BCUT2D eigenvalue weighted by molar-refractivity contribution is 0.669. The second kappa shape index (κ2) is 13.2. The van der Waals surface area contributed by atoms with E-state index in [-0.39, 0.29) is 0 Å². The molecule has 0 aliphatic carbocycles. The minimum Gasteiger partial charge on any atom is -0.456 e. The largest absolute Gasteiger partial charge is 0.456 e. The summed E-state index contributed by atoms with van der Waals surface area (Å²) in [5.74, 6) is 0. The van der Waals surface area contributed by atoms with Crippen LogP contribution in [0.25, 0.3) is 87.6 Å². The normalized spacial score (nSPS) is 11.6. The van der Waals surface area contributed by atoms with Crippen LogP contribution in [0.2, 0.25) is 0 Å². The predicted molar refractivity (Wildman–Crippen MR) is 237 cm³/mol. The van der Waals surface area contributed by atoms with Gasteiger partial charge in [-0.05, 0) is 114 Å². The van der Waals surface area contributed by atoms with Gasteiger partial charge in [-0.3, -0.25) is 0 Å². The maximum Gasteiger partial charge on any atom is 0.135 e. The Bertz CT molecular complexity index is 3250. The number of benzene rings is 10. The molecule has 56 heavy (non-hydrogen) atoms. The summed E-state index contributed by atoms with van der Waals surface area (Å²) >= 11 is 0. The van der Waals surface area contributed by atoms with Gasteiger partial charge in [0.25, 0.3) is 0 Å². The van der Waals surface area contributed by atoms with E-state index >= 15 is 0 Å². The molecule has 1 heterocycles. The Morgan fingerprint density at radius 2 is 0.804 bits per heavy atom. The van der Waals surface area contributed by atoms with Crippen LogP contribution in [0, 0.1) is 0 Å². The van der Waals surface area contributed by atoms with Crippen LogP contribution in [-0.2, 0) is 0 Å². The van der Waals surface area contributed by atoms with Gasteiger partial charge in [-0.2, -0.15) is 0 Å². The first-order chi connectivity index (χ1) is 27.8. The van der Waals surface area contributed by atoms with Gasteiger partial charge in [0.2, 0.25) is 0 Å². The lowest BCUT2D eigenvalue weighted by Gasteiger charge is -2.27. The van der Waals surface area contributed by atoms with Crippen molar-refractivity contribution in [2.75, 3.05) is 4.90 Å². The Kier molecular flexibility index (Phi) is 7.53. The van der Waals surface area contributed by atoms with Gasteiger partial charge in [0.1, 0.15) is 11.2 Å². The summed E-state index contributed by atoms with van der Waals surface area (Å²) in [6.07, 6.45) is 0. The van der Waals surface area contributed by atoms with Crippen molar-refractivity contribution in [3.8, 4) is 33.4 Å². The van der Waals surface area contributed by atoms with E-state index in [9.17, 15) is 0 Å². The molecule has 1 aromatic heterocycles. The molecule has 0 saturated heterocycles. The monoisotopic (exact) mass is 713 g/mol. The Hall–Kier alpha value is -7.42. The summed E-state index contributed by atoms with van der Waals surface area (Å²) in [7, 11) is 0. The van der Waals surface area contributed by atoms with E-state index in [2.05, 4.69) is 205 Å². The maximum atomic E-state index is 6.32. The van der Waals surface area contributed by atoms with E-state index < -0.39 is 0 Å². The highest BCUT2D eigenvalue weighted by Gasteiger charge is 2.21. The lowest BCUT2D eigenvalue weighted by Crippen LogP contribution is -2.10. The summed E-state index contributed by atoms with van der Waals surface area (Å²) in [6, 6.07) is 76.6. The van der Waals surface area contributed by atoms with E-state index in [0.29, 0.717) is 0 Å². The minimum atomic E-state index is 0.878. The van der Waals surface area contributed by atoms with Crippen LogP contribution < -0.4 is 4.90 Å². The van der Waals surface area contributed by atoms with Gasteiger partial charge in [-0.25, -0.2) is 0 Å². The molecule has 0 spiro atoms. The van der Waals surface area contributed by atoms with Crippen molar-refractivity contribution in [1.82, 2.24) is 0 Å². The zero-order valence-electron chi connectivity index (χ0n) is 30.6. The SMILES string of the molecule is c1ccc(-c2c(-c3ccccc3)c3cc(N(c4cccc(-c5cccc6ccccc56)c4)c4ccc5oc6ccccc6c5c4)ccc3c3ccccc23)cc1. The second-order valence-corrected chi connectivity index (χ2v) is 14.4. The van der Waals surface area contributed by atoms with Crippen LogP contribution in [0.15, 0.2) is 217 Å². The van der Waals surface area contributed by atoms with Crippen LogP contribution in [0.3, 0.4) is 0 Å². The van der Waals surface area contributed by atoms with Gasteiger partial charge in [0.15, 0.2) is 0 Å². The van der Waals surface area contributed by atoms with Crippen molar-refractivity contribution >= 4 is 71.3 Å². The van der Waals surface area contributed by atoms with E-state index in [1.165, 1.54) is 65.7 Å². The Morgan fingerprint density at radius 1 is 0.286 bits per heavy atom. The van der Waals surface area contributed by atoms with Gasteiger partial charge >= 0.3 is 0 Å². The summed E-state index contributed by atoms with van der Waals surface area (Å²) < 4.78 is 6.32. The van der Waals surface area contributed by atoms with Crippen LogP contribution in [0.5, 0.6) is 0 Å². The fourth-order valence-corrected chi connectivity index (χ4v) is 8.72. The van der Waals surface area contributed by atoms with Gasteiger partial charge in [0, 0.05) is 27.8 Å². The number of furan rings is 1. The number of hydrogen-bond acceptors (Lipinski definition) is 2. The lowest BCUT2D eigenvalue weighted by atomic mass is 9.85. The molecule has 0 N–H and O–H groups in total. The number of rotatable bonds is 6. The quantitative estimate of drug-likeness (QED) is 0.160. The zero-order chi connectivity index (χ0) is 37.0. The van der Waals surface area contributed by atoms with Crippen molar-refractivity contribution in [3.63, 3.8) is 0 Å². The van der Waals surface area contributed by atoms with E-state index in [1.54, 1.807) is 0 Å². The average molecular weight is 714 g/mol. The van der Waals surface area contributed by atoms with Gasteiger partial charge < -0.3 is 9.32 Å². The van der Waals surface area contributed by atoms with Crippen molar-refractivity contribution in [2.45, 2.75) is 0 Å². The van der Waals surface area contributed by atoms with Crippen LogP contribution in [0.4, 0.5) is 17.1 Å². The minimum absolute atomic E-state index is 0.878. The fourth-order valence-electron chi connectivity index (χ4n) is 8.72. The highest BCUT2D eigenvalue weighted by atomic mass is 16.3. The van der Waals surface area contributed by atoms with Crippen molar-refractivity contribution in [2.24, 2.45) is 0 Å². The molecule has 0 bridgehead atoms. The number of fused-ring (bicyclic) bond motifs is 7. The predicted octanol–water partition coefficient (Wildman–Crippen LogP) is 15.5. The first kappa shape index (κ1) is 32.0. The molecular formula is C54H35NO. The molecule has 0 amide bonds. The summed E-state index contributed by atoms with van der Waals surface area (Å²) in [6.45, 7) is 0. The van der Waals surface area contributed by atoms with Crippen molar-refractivity contribution in [1.29, 1.82) is 0 Å². The number of nitrogens with zero attached hydrogens (tertiary/aromatic N) is 1. The first-order valence-corrected chi connectivity index (χ1v) is 19.2. The summed E-state index contributed by atoms with van der Waals surface area (Å²) in [5.41, 5.74) is 12.2. The summed E-state index contributed by atoms with van der Waals surface area (Å²) in [4.78, 5) is 2.40. The molecule has 0 fully saturated rings. The van der Waals surface area contributed by atoms with E-state index in [0.717, 1.165) is 39.0 Å². The average Bonchev–Trinajstić information content (AvgIpc) is 3.64. The smallest absolute Gasteiger partial charge is 0.135 e. The molecular weight excluding hydrogens is 679 g/mol. The maximum absolute atomic E-state index is 6.32. The number of hydrogen-bond donors (Lipinski definition) is 0. The molecule has 262 valence electrons. The molecule has 0 atom stereocenters. The molecule has 0 unspecified atom stereocenters. The molecule has 0 aliphatic rings. The Morgan fingerprint density at radius 3 is 1.59 bits per heavy atom.